The van der Waals surface area contributed by atoms with Gasteiger partial charge < -0.3 is 5.32 Å². The molecule has 1 aromatic heterocycles. The largest absolute Gasteiger partial charge is 0.317 e. The molecule has 76 valence electrons. The molecule has 0 radical (unpaired) electrons. The second-order valence-corrected chi connectivity index (χ2v) is 3.75. The summed E-state index contributed by atoms with van der Waals surface area (Å²) in [4.78, 5) is 11.1. The predicted octanol–water partition coefficient (Wildman–Crippen LogP) is 1.01. The summed E-state index contributed by atoms with van der Waals surface area (Å²) in [6.45, 7) is 3.66. The van der Waals surface area contributed by atoms with Crippen molar-refractivity contribution in [3.05, 3.63) is 18.0 Å². The van der Waals surface area contributed by atoms with Crippen LogP contribution in [0.15, 0.2) is 12.4 Å². The molecule has 0 aliphatic carbocycles. The Morgan fingerprint density at radius 3 is 2.86 bits per heavy atom. The number of Topliss-reactive ketones (excluding diaryl/α,β-unsaturated/α-hetero) is 1. The van der Waals surface area contributed by atoms with Gasteiger partial charge in [-0.25, -0.2) is 0 Å². The highest BCUT2D eigenvalue weighted by Gasteiger charge is 2.16. The van der Waals surface area contributed by atoms with E-state index in [1.54, 1.807) is 13.1 Å². The molecule has 1 aromatic rings. The highest BCUT2D eigenvalue weighted by Crippen LogP contribution is 2.17. The fourth-order valence-electron chi connectivity index (χ4n) is 1.79. The number of aromatic nitrogens is 2. The van der Waals surface area contributed by atoms with Crippen LogP contribution in [0.2, 0.25) is 0 Å². The van der Waals surface area contributed by atoms with Gasteiger partial charge in [0.1, 0.15) is 0 Å². The average molecular weight is 193 g/mol. The molecular weight excluding hydrogens is 178 g/mol. The molecule has 0 unspecified atom stereocenters. The van der Waals surface area contributed by atoms with E-state index in [0.29, 0.717) is 11.6 Å². The number of carbonyl (C=O) groups is 1. The maximum Gasteiger partial charge on any atom is 0.162 e. The van der Waals surface area contributed by atoms with Gasteiger partial charge in [0.15, 0.2) is 5.78 Å². The maximum absolute atomic E-state index is 11.1. The van der Waals surface area contributed by atoms with Crippen molar-refractivity contribution in [2.24, 2.45) is 0 Å². The molecule has 0 spiro atoms. The van der Waals surface area contributed by atoms with Gasteiger partial charge in [0.2, 0.25) is 0 Å². The summed E-state index contributed by atoms with van der Waals surface area (Å²) in [5.41, 5.74) is 0.712. The monoisotopic (exact) mass is 193 g/mol. The Labute approximate surface area is 83.3 Å². The Morgan fingerprint density at radius 2 is 2.29 bits per heavy atom. The van der Waals surface area contributed by atoms with Gasteiger partial charge in [0.05, 0.1) is 17.8 Å². The van der Waals surface area contributed by atoms with Crippen molar-refractivity contribution in [3.8, 4) is 0 Å². The lowest BCUT2D eigenvalue weighted by Gasteiger charge is -2.22. The number of rotatable bonds is 2. The van der Waals surface area contributed by atoms with Gasteiger partial charge in [0.25, 0.3) is 0 Å². The van der Waals surface area contributed by atoms with Crippen LogP contribution in [0.4, 0.5) is 0 Å². The fourth-order valence-corrected chi connectivity index (χ4v) is 1.79. The normalized spacial score (nSPS) is 18.4. The first-order valence-electron chi connectivity index (χ1n) is 5.03. The summed E-state index contributed by atoms with van der Waals surface area (Å²) in [5, 5.41) is 7.54. The van der Waals surface area contributed by atoms with Crippen LogP contribution >= 0.6 is 0 Å². The number of carbonyl (C=O) groups excluding carboxylic acids is 1. The van der Waals surface area contributed by atoms with Crippen LogP contribution in [0.1, 0.15) is 36.2 Å². The molecule has 1 aliphatic heterocycles. The molecule has 14 heavy (non-hydrogen) atoms. The van der Waals surface area contributed by atoms with Crippen LogP contribution in [-0.4, -0.2) is 28.7 Å². The van der Waals surface area contributed by atoms with Gasteiger partial charge in [0, 0.05) is 6.20 Å². The Morgan fingerprint density at radius 1 is 1.57 bits per heavy atom. The van der Waals surface area contributed by atoms with E-state index in [1.807, 2.05) is 10.9 Å². The Hall–Kier alpha value is -1.16. The molecular formula is C10H15N3O. The van der Waals surface area contributed by atoms with Gasteiger partial charge in [-0.15, -0.1) is 0 Å². The summed E-state index contributed by atoms with van der Waals surface area (Å²) in [5.74, 6) is 0.0881. The van der Waals surface area contributed by atoms with Gasteiger partial charge in [-0.2, -0.15) is 5.10 Å². The minimum atomic E-state index is 0.0881. The molecule has 2 heterocycles. The summed E-state index contributed by atoms with van der Waals surface area (Å²) in [7, 11) is 0. The SMILES string of the molecule is CC(=O)c1cnn(C2CCNCC2)c1. The number of ketones is 1. The van der Waals surface area contributed by atoms with Crippen LogP contribution in [0.3, 0.4) is 0 Å². The first-order chi connectivity index (χ1) is 6.77. The summed E-state index contributed by atoms with van der Waals surface area (Å²) in [6, 6.07) is 0.462. The third-order valence-corrected chi connectivity index (χ3v) is 2.69. The Bertz CT molecular complexity index is 326. The highest BCUT2D eigenvalue weighted by atomic mass is 16.1. The number of nitrogens with zero attached hydrogens (tertiary/aromatic N) is 2. The van der Waals surface area contributed by atoms with E-state index in [-0.39, 0.29) is 5.78 Å². The van der Waals surface area contributed by atoms with E-state index < -0.39 is 0 Å². The Kier molecular flexibility index (Phi) is 2.63. The third kappa shape index (κ3) is 1.85. The van der Waals surface area contributed by atoms with Crippen molar-refractivity contribution < 1.29 is 4.79 Å². The molecule has 1 N–H and O–H groups in total. The van der Waals surface area contributed by atoms with Crippen molar-refractivity contribution in [2.45, 2.75) is 25.8 Å². The summed E-state index contributed by atoms with van der Waals surface area (Å²) < 4.78 is 1.93. The smallest absolute Gasteiger partial charge is 0.162 e. The van der Waals surface area contributed by atoms with E-state index in [0.717, 1.165) is 25.9 Å². The van der Waals surface area contributed by atoms with Crippen molar-refractivity contribution in [1.82, 2.24) is 15.1 Å². The van der Waals surface area contributed by atoms with E-state index in [4.69, 9.17) is 0 Å². The minimum absolute atomic E-state index is 0.0881. The zero-order valence-corrected chi connectivity index (χ0v) is 8.36. The van der Waals surface area contributed by atoms with Crippen LogP contribution in [0.5, 0.6) is 0 Å². The van der Waals surface area contributed by atoms with Crippen molar-refractivity contribution in [3.63, 3.8) is 0 Å². The second-order valence-electron chi connectivity index (χ2n) is 3.75. The summed E-state index contributed by atoms with van der Waals surface area (Å²) >= 11 is 0. The molecule has 0 aromatic carbocycles. The lowest BCUT2D eigenvalue weighted by atomic mass is 10.1. The van der Waals surface area contributed by atoms with E-state index in [1.165, 1.54) is 0 Å². The topological polar surface area (TPSA) is 46.9 Å². The molecule has 0 bridgehead atoms. The van der Waals surface area contributed by atoms with E-state index in [9.17, 15) is 4.79 Å². The van der Waals surface area contributed by atoms with Crippen LogP contribution < -0.4 is 5.32 Å². The van der Waals surface area contributed by atoms with Crippen LogP contribution in [0, 0.1) is 0 Å². The number of hydrogen-bond donors (Lipinski definition) is 1. The standard InChI is InChI=1S/C10H15N3O/c1-8(14)9-6-12-13(7-9)10-2-4-11-5-3-10/h6-7,10-11H,2-5H2,1H3. The van der Waals surface area contributed by atoms with E-state index in [2.05, 4.69) is 10.4 Å². The van der Waals surface area contributed by atoms with Gasteiger partial charge in [-0.3, -0.25) is 9.48 Å². The number of nitrogens with one attached hydrogen (secondary N) is 1. The molecule has 4 nitrogen and oxygen atoms in total. The summed E-state index contributed by atoms with van der Waals surface area (Å²) in [6.07, 6.45) is 5.71. The minimum Gasteiger partial charge on any atom is -0.317 e. The molecule has 1 fully saturated rings. The highest BCUT2D eigenvalue weighted by molar-refractivity contribution is 5.93. The van der Waals surface area contributed by atoms with Gasteiger partial charge >= 0.3 is 0 Å². The first-order valence-corrected chi connectivity index (χ1v) is 5.03. The third-order valence-electron chi connectivity index (χ3n) is 2.69. The van der Waals surface area contributed by atoms with Gasteiger partial charge in [-0.1, -0.05) is 0 Å². The van der Waals surface area contributed by atoms with Crippen LogP contribution in [-0.2, 0) is 0 Å². The average Bonchev–Trinajstić information content (AvgIpc) is 2.68. The molecule has 4 heteroatoms. The molecule has 2 rings (SSSR count). The lowest BCUT2D eigenvalue weighted by Crippen LogP contribution is -2.29. The Balaban J connectivity index is 2.11. The number of hydrogen-bond acceptors (Lipinski definition) is 3. The van der Waals surface area contributed by atoms with Crippen LogP contribution in [0.25, 0.3) is 0 Å². The zero-order chi connectivity index (χ0) is 9.97. The first kappa shape index (κ1) is 9.40. The molecule has 0 amide bonds. The van der Waals surface area contributed by atoms with Crippen molar-refractivity contribution in [1.29, 1.82) is 0 Å². The predicted molar refractivity (Wildman–Crippen MR) is 53.4 cm³/mol. The maximum atomic E-state index is 11.1. The second kappa shape index (κ2) is 3.92. The fraction of sp³-hybridized carbons (Fsp3) is 0.600. The van der Waals surface area contributed by atoms with Crippen molar-refractivity contribution >= 4 is 5.78 Å². The molecule has 0 atom stereocenters. The van der Waals surface area contributed by atoms with Crippen molar-refractivity contribution in [2.75, 3.05) is 13.1 Å². The molecule has 1 saturated heterocycles. The number of piperidine rings is 1. The zero-order valence-electron chi connectivity index (χ0n) is 8.36. The van der Waals surface area contributed by atoms with Gasteiger partial charge in [-0.05, 0) is 32.9 Å². The quantitative estimate of drug-likeness (QED) is 0.713. The lowest BCUT2D eigenvalue weighted by molar-refractivity contribution is 0.101. The molecule has 0 saturated carbocycles. The molecule has 1 aliphatic rings. The van der Waals surface area contributed by atoms with E-state index >= 15 is 0 Å².